The molecule has 0 aromatic heterocycles. The highest BCUT2D eigenvalue weighted by Gasteiger charge is 2.46. The van der Waals surface area contributed by atoms with E-state index in [1.807, 2.05) is 0 Å². The van der Waals surface area contributed by atoms with E-state index in [1.54, 1.807) is 0 Å². The molecule has 1 rings (SSSR count). The normalized spacial score (nSPS) is 21.2. The van der Waals surface area contributed by atoms with Crippen LogP contribution in [-0.4, -0.2) is 96.0 Å². The van der Waals surface area contributed by atoms with Crippen molar-refractivity contribution in [3.8, 4) is 0 Å². The van der Waals surface area contributed by atoms with Gasteiger partial charge in [-0.25, -0.2) is 0 Å². The summed E-state index contributed by atoms with van der Waals surface area (Å²) in [6.07, 6.45) is 26.2. The summed E-state index contributed by atoms with van der Waals surface area (Å²) in [6.45, 7) is 3.67. The summed E-state index contributed by atoms with van der Waals surface area (Å²) in [6, 6.07) is 0. The molecule has 0 aliphatic carbocycles. The zero-order valence-electron chi connectivity index (χ0n) is 33.8. The smallest absolute Gasteiger partial charge is 0.306 e. The number of aliphatic hydroxyl groups excluding tert-OH is 3. The second-order valence-corrected chi connectivity index (χ2v) is 16.2. The minimum Gasteiger partial charge on any atom is -0.462 e. The number of ether oxygens (including phenoxy) is 4. The van der Waals surface area contributed by atoms with Gasteiger partial charge in [0.15, 0.2) is 12.4 Å². The summed E-state index contributed by atoms with van der Waals surface area (Å²) in [5.41, 5.74) is 0. The average molecular weight is 803 g/mol. The van der Waals surface area contributed by atoms with Crippen molar-refractivity contribution in [1.82, 2.24) is 0 Å². The topological polar surface area (TPSA) is 186 Å². The standard InChI is InChI=1S/C42H74O12S/c1-3-5-7-9-11-13-15-17-18-19-21-23-25-27-29-31-38(44)53-35(33-52-42-41(47)40(46)39(45)36(54-42)34-55(48,49)50)32-51-37(43)30-28-26-24-22-20-16-14-12-10-8-6-4-2/h12-15,17-18,35-36,39-42,45-47H,3-11,16,19-34H2,1-2H3,(H,48,49,50)/b14-12+,15-13+,18-17+/t35-,36-,39-,40?,41?,42+/m1/s1. The third-order valence-electron chi connectivity index (χ3n) is 9.47. The van der Waals surface area contributed by atoms with Gasteiger partial charge in [0.2, 0.25) is 0 Å². The van der Waals surface area contributed by atoms with Crippen molar-refractivity contribution >= 4 is 22.1 Å². The first-order valence-electron chi connectivity index (χ1n) is 21.1. The van der Waals surface area contributed by atoms with E-state index in [4.69, 9.17) is 18.9 Å². The van der Waals surface area contributed by atoms with E-state index in [9.17, 15) is 37.9 Å². The molecule has 0 spiro atoms. The molecule has 0 aromatic rings. The summed E-state index contributed by atoms with van der Waals surface area (Å²) >= 11 is 0. The van der Waals surface area contributed by atoms with Crippen LogP contribution in [0.15, 0.2) is 36.5 Å². The number of rotatable bonds is 34. The predicted molar refractivity (Wildman–Crippen MR) is 215 cm³/mol. The molecule has 1 heterocycles. The van der Waals surface area contributed by atoms with Gasteiger partial charge in [-0.05, 0) is 64.2 Å². The highest BCUT2D eigenvalue weighted by molar-refractivity contribution is 7.85. The fourth-order valence-corrected chi connectivity index (χ4v) is 6.82. The molecule has 1 fully saturated rings. The van der Waals surface area contributed by atoms with Crippen LogP contribution in [-0.2, 0) is 38.7 Å². The zero-order valence-corrected chi connectivity index (χ0v) is 34.6. The van der Waals surface area contributed by atoms with Crippen molar-refractivity contribution in [2.75, 3.05) is 19.0 Å². The van der Waals surface area contributed by atoms with Crippen molar-refractivity contribution in [2.45, 2.75) is 198 Å². The van der Waals surface area contributed by atoms with Gasteiger partial charge in [-0.15, -0.1) is 0 Å². The molecular weight excluding hydrogens is 729 g/mol. The average Bonchev–Trinajstić information content (AvgIpc) is 3.14. The van der Waals surface area contributed by atoms with E-state index < -0.39 is 71.2 Å². The van der Waals surface area contributed by atoms with Gasteiger partial charge in [0.1, 0.15) is 36.8 Å². The molecular formula is C42H74O12S. The van der Waals surface area contributed by atoms with Gasteiger partial charge in [-0.3, -0.25) is 14.1 Å². The molecule has 0 radical (unpaired) electrons. The molecule has 2 unspecified atom stereocenters. The molecule has 0 bridgehead atoms. The molecule has 4 N–H and O–H groups in total. The first kappa shape index (κ1) is 50.9. The minimum atomic E-state index is -4.60. The van der Waals surface area contributed by atoms with Gasteiger partial charge in [0.05, 0.1) is 6.61 Å². The number of unbranched alkanes of at least 4 members (excludes halogenated alkanes) is 17. The Morgan fingerprint density at radius 2 is 1.09 bits per heavy atom. The fourth-order valence-electron chi connectivity index (χ4n) is 6.13. The highest BCUT2D eigenvalue weighted by Crippen LogP contribution is 2.24. The lowest BCUT2D eigenvalue weighted by Crippen LogP contribution is -2.60. The maximum atomic E-state index is 12.8. The summed E-state index contributed by atoms with van der Waals surface area (Å²) in [5.74, 6) is -2.02. The van der Waals surface area contributed by atoms with Crippen molar-refractivity contribution in [3.63, 3.8) is 0 Å². The largest absolute Gasteiger partial charge is 0.462 e. The van der Waals surface area contributed by atoms with Crippen LogP contribution in [0.2, 0.25) is 0 Å². The van der Waals surface area contributed by atoms with Gasteiger partial charge in [-0.2, -0.15) is 8.42 Å². The Kier molecular flexibility index (Phi) is 30.4. The van der Waals surface area contributed by atoms with Crippen molar-refractivity contribution in [3.05, 3.63) is 36.5 Å². The molecule has 0 saturated carbocycles. The van der Waals surface area contributed by atoms with Crippen LogP contribution in [0.3, 0.4) is 0 Å². The fraction of sp³-hybridized carbons (Fsp3) is 0.810. The molecule has 1 aliphatic heterocycles. The molecule has 0 amide bonds. The van der Waals surface area contributed by atoms with Crippen LogP contribution in [0.1, 0.15) is 162 Å². The highest BCUT2D eigenvalue weighted by atomic mass is 32.2. The third-order valence-corrected chi connectivity index (χ3v) is 10.2. The molecule has 6 atom stereocenters. The Bertz CT molecular complexity index is 1170. The molecule has 1 aliphatic rings. The number of hydrogen-bond donors (Lipinski definition) is 4. The molecule has 55 heavy (non-hydrogen) atoms. The number of allylic oxidation sites excluding steroid dienone is 6. The molecule has 1 saturated heterocycles. The molecule has 13 heteroatoms. The Labute approximate surface area is 331 Å². The van der Waals surface area contributed by atoms with Crippen LogP contribution in [0.4, 0.5) is 0 Å². The van der Waals surface area contributed by atoms with Crippen LogP contribution in [0.25, 0.3) is 0 Å². The van der Waals surface area contributed by atoms with Gasteiger partial charge in [0.25, 0.3) is 10.1 Å². The number of carbonyl (C=O) groups is 2. The summed E-state index contributed by atoms with van der Waals surface area (Å²) in [4.78, 5) is 25.3. The van der Waals surface area contributed by atoms with E-state index >= 15 is 0 Å². The van der Waals surface area contributed by atoms with E-state index in [0.717, 1.165) is 77.0 Å². The van der Waals surface area contributed by atoms with Gasteiger partial charge < -0.3 is 34.3 Å². The number of hydrogen-bond acceptors (Lipinski definition) is 11. The van der Waals surface area contributed by atoms with Gasteiger partial charge in [-0.1, -0.05) is 121 Å². The lowest BCUT2D eigenvalue weighted by atomic mass is 10.00. The predicted octanol–water partition coefficient (Wildman–Crippen LogP) is 7.83. The molecule has 0 aromatic carbocycles. The third kappa shape index (κ3) is 28.0. The van der Waals surface area contributed by atoms with E-state index in [0.29, 0.717) is 12.8 Å². The van der Waals surface area contributed by atoms with E-state index in [-0.39, 0.29) is 19.4 Å². The lowest BCUT2D eigenvalue weighted by molar-refractivity contribution is -0.297. The van der Waals surface area contributed by atoms with Crippen molar-refractivity contribution in [2.24, 2.45) is 0 Å². The van der Waals surface area contributed by atoms with E-state index in [1.165, 1.54) is 44.9 Å². The van der Waals surface area contributed by atoms with Crippen LogP contribution in [0.5, 0.6) is 0 Å². The maximum absolute atomic E-state index is 12.8. The van der Waals surface area contributed by atoms with Gasteiger partial charge in [0, 0.05) is 12.8 Å². The first-order valence-corrected chi connectivity index (χ1v) is 22.7. The van der Waals surface area contributed by atoms with Crippen LogP contribution in [0, 0.1) is 0 Å². The van der Waals surface area contributed by atoms with Crippen molar-refractivity contribution in [1.29, 1.82) is 0 Å². The zero-order chi connectivity index (χ0) is 40.6. The Morgan fingerprint density at radius 3 is 1.65 bits per heavy atom. The molecule has 320 valence electrons. The second kappa shape index (κ2) is 32.9. The molecule has 12 nitrogen and oxygen atoms in total. The monoisotopic (exact) mass is 802 g/mol. The lowest BCUT2D eigenvalue weighted by Gasteiger charge is -2.40. The first-order chi connectivity index (χ1) is 26.5. The Morgan fingerprint density at radius 1 is 0.618 bits per heavy atom. The number of esters is 2. The quantitative estimate of drug-likeness (QED) is 0.0163. The second-order valence-electron chi connectivity index (χ2n) is 14.7. The SMILES string of the molecule is CCCCC/C=C/CCCCCCCC(=O)OC[C@H](CO[C@H]1O[C@H](CS(=O)(=O)O)[C@@H](O)C(O)C1O)OC(=O)CCCCCCC/C=C/C=C/CCCCCC. The number of carbonyl (C=O) groups excluding carboxylic acids is 2. The maximum Gasteiger partial charge on any atom is 0.306 e. The Balaban J connectivity index is 2.51. The summed E-state index contributed by atoms with van der Waals surface area (Å²) in [7, 11) is -4.60. The van der Waals surface area contributed by atoms with Crippen molar-refractivity contribution < 1.29 is 56.8 Å². The number of aliphatic hydroxyl groups is 3. The van der Waals surface area contributed by atoms with Crippen LogP contribution < -0.4 is 0 Å². The van der Waals surface area contributed by atoms with E-state index in [2.05, 4.69) is 50.3 Å². The summed E-state index contributed by atoms with van der Waals surface area (Å²) in [5, 5.41) is 30.8. The van der Waals surface area contributed by atoms with Gasteiger partial charge >= 0.3 is 11.9 Å². The Hall–Kier alpha value is -2.13. The summed E-state index contributed by atoms with van der Waals surface area (Å²) < 4.78 is 53.9. The minimum absolute atomic E-state index is 0.145. The van der Waals surface area contributed by atoms with Crippen LogP contribution >= 0.6 is 0 Å².